The van der Waals surface area contributed by atoms with Gasteiger partial charge in [0.05, 0.1) is 16.6 Å². The molecule has 5 aromatic carbocycles. The lowest BCUT2D eigenvalue weighted by atomic mass is 9.70. The minimum Gasteiger partial charge on any atom is -0.456 e. The van der Waals surface area contributed by atoms with Gasteiger partial charge >= 0.3 is 7.12 Å². The van der Waals surface area contributed by atoms with E-state index in [0.717, 1.165) is 27.4 Å². The Hall–Kier alpha value is -4.12. The molecule has 0 atom stereocenters. The summed E-state index contributed by atoms with van der Waals surface area (Å²) in [7, 11) is -0.468. The topological polar surface area (TPSA) is 31.6 Å². The van der Waals surface area contributed by atoms with E-state index in [9.17, 15) is 0 Å². The van der Waals surface area contributed by atoms with Crippen LogP contribution in [0.1, 0.15) is 49.9 Å². The fraction of sp³-hybridized carbons (Fsp3) is 0.189. The van der Waals surface area contributed by atoms with Crippen LogP contribution >= 0.6 is 0 Å². The highest BCUT2D eigenvalue weighted by Crippen LogP contribution is 2.63. The van der Waals surface area contributed by atoms with Crippen molar-refractivity contribution in [2.24, 2.45) is 0 Å². The van der Waals surface area contributed by atoms with Gasteiger partial charge in [0.25, 0.3) is 0 Å². The molecule has 41 heavy (non-hydrogen) atoms. The predicted molar refractivity (Wildman–Crippen MR) is 166 cm³/mol. The maximum absolute atomic E-state index is 6.65. The van der Waals surface area contributed by atoms with Crippen molar-refractivity contribution < 1.29 is 13.7 Å². The number of hydrogen-bond donors (Lipinski definition) is 0. The Kier molecular flexibility index (Phi) is 4.36. The maximum atomic E-state index is 6.65. The van der Waals surface area contributed by atoms with Crippen LogP contribution in [0.5, 0.6) is 0 Å². The number of fused-ring (bicyclic) bond motifs is 13. The van der Waals surface area contributed by atoms with Gasteiger partial charge in [-0.2, -0.15) is 0 Å². The standard InChI is InChI=1S/C37H29BO3/c1-35(2)36(3,4)41-38(40-35)31-18-11-19-32-34(31)26-20-25-24-14-7-10-17-29(24)37(30(25)21-33(26)39-32)27-15-8-5-12-22(27)23-13-6-9-16-28(23)37/h5-21H,1-4H3. The monoisotopic (exact) mass is 532 g/mol. The lowest BCUT2D eigenvalue weighted by molar-refractivity contribution is 0.00578. The summed E-state index contributed by atoms with van der Waals surface area (Å²) in [6.07, 6.45) is 0. The SMILES string of the molecule is CC1(C)OB(c2cccc3oc4cc5c(cc4c23)-c2ccccc2C52c3ccccc3-c3ccccc32)OC1(C)C. The van der Waals surface area contributed by atoms with Crippen LogP contribution in [-0.4, -0.2) is 18.3 Å². The molecule has 2 heterocycles. The Balaban J connectivity index is 1.36. The van der Waals surface area contributed by atoms with Gasteiger partial charge < -0.3 is 13.7 Å². The second-order valence-corrected chi connectivity index (χ2v) is 12.7. The zero-order valence-electron chi connectivity index (χ0n) is 23.6. The Morgan fingerprint density at radius 1 is 0.512 bits per heavy atom. The molecule has 9 rings (SSSR count). The van der Waals surface area contributed by atoms with Crippen molar-refractivity contribution in [3.8, 4) is 22.3 Å². The molecule has 1 saturated heterocycles. The van der Waals surface area contributed by atoms with E-state index in [-0.39, 0.29) is 5.41 Å². The number of furan rings is 1. The highest BCUT2D eigenvalue weighted by molar-refractivity contribution is 6.66. The van der Waals surface area contributed by atoms with Gasteiger partial charge in [-0.05, 0) is 95.9 Å². The Bertz CT molecular complexity index is 2020. The summed E-state index contributed by atoms with van der Waals surface area (Å²) in [5, 5.41) is 2.16. The van der Waals surface area contributed by atoms with Gasteiger partial charge in [0, 0.05) is 10.8 Å². The summed E-state index contributed by atoms with van der Waals surface area (Å²) in [5.74, 6) is 0. The summed E-state index contributed by atoms with van der Waals surface area (Å²) < 4.78 is 19.7. The van der Waals surface area contributed by atoms with E-state index in [1.165, 1.54) is 44.5 Å². The van der Waals surface area contributed by atoms with Crippen LogP contribution in [0.4, 0.5) is 0 Å². The average Bonchev–Trinajstić information content (AvgIpc) is 3.64. The second kappa shape index (κ2) is 7.58. The third kappa shape index (κ3) is 2.77. The van der Waals surface area contributed by atoms with Gasteiger partial charge in [-0.25, -0.2) is 0 Å². The van der Waals surface area contributed by atoms with Crippen molar-refractivity contribution >= 4 is 34.5 Å². The zero-order chi connectivity index (χ0) is 27.7. The van der Waals surface area contributed by atoms with Crippen LogP contribution in [0.25, 0.3) is 44.2 Å². The molecule has 0 amide bonds. The quantitative estimate of drug-likeness (QED) is 0.200. The van der Waals surface area contributed by atoms with Crippen LogP contribution in [0, 0.1) is 0 Å². The number of rotatable bonds is 1. The molecule has 0 bridgehead atoms. The van der Waals surface area contributed by atoms with E-state index in [4.69, 9.17) is 13.7 Å². The minimum atomic E-state index is -0.468. The molecular formula is C37H29BO3. The molecule has 1 aromatic heterocycles. The van der Waals surface area contributed by atoms with Crippen LogP contribution < -0.4 is 5.46 Å². The van der Waals surface area contributed by atoms with Crippen molar-refractivity contribution in [3.05, 3.63) is 125 Å². The first kappa shape index (κ1) is 23.6. The number of hydrogen-bond acceptors (Lipinski definition) is 3. The lowest BCUT2D eigenvalue weighted by Crippen LogP contribution is -2.41. The molecule has 1 spiro atoms. The first-order valence-electron chi connectivity index (χ1n) is 14.5. The molecule has 0 unspecified atom stereocenters. The highest BCUT2D eigenvalue weighted by Gasteiger charge is 2.53. The van der Waals surface area contributed by atoms with Crippen molar-refractivity contribution in [1.82, 2.24) is 0 Å². The number of benzene rings is 5. The van der Waals surface area contributed by atoms with Crippen molar-refractivity contribution in [1.29, 1.82) is 0 Å². The summed E-state index contributed by atoms with van der Waals surface area (Å²) in [4.78, 5) is 0. The molecule has 6 aromatic rings. The van der Waals surface area contributed by atoms with Gasteiger partial charge in [-0.3, -0.25) is 0 Å². The zero-order valence-corrected chi connectivity index (χ0v) is 23.6. The molecule has 0 saturated carbocycles. The summed E-state index contributed by atoms with van der Waals surface area (Å²) >= 11 is 0. The normalized spacial score (nSPS) is 18.6. The minimum absolute atomic E-state index is 0.388. The molecule has 198 valence electrons. The van der Waals surface area contributed by atoms with E-state index < -0.39 is 18.3 Å². The summed E-state index contributed by atoms with van der Waals surface area (Å²) in [6.45, 7) is 8.39. The molecule has 2 aliphatic carbocycles. The van der Waals surface area contributed by atoms with Crippen LogP contribution in [0.15, 0.2) is 108 Å². The van der Waals surface area contributed by atoms with Gasteiger partial charge in [0.1, 0.15) is 11.2 Å². The van der Waals surface area contributed by atoms with Gasteiger partial charge in [0.15, 0.2) is 0 Å². The predicted octanol–water partition coefficient (Wildman–Crippen LogP) is 8.23. The lowest BCUT2D eigenvalue weighted by Gasteiger charge is -2.32. The van der Waals surface area contributed by atoms with Gasteiger partial charge in [-0.1, -0.05) is 84.9 Å². The van der Waals surface area contributed by atoms with Crippen LogP contribution in [0.2, 0.25) is 0 Å². The summed E-state index contributed by atoms with van der Waals surface area (Å²) in [6, 6.07) is 37.6. The smallest absolute Gasteiger partial charge is 0.456 e. The van der Waals surface area contributed by atoms with E-state index in [1.807, 2.05) is 6.07 Å². The summed E-state index contributed by atoms with van der Waals surface area (Å²) in [5.41, 5.74) is 11.9. The maximum Gasteiger partial charge on any atom is 0.495 e. The first-order valence-corrected chi connectivity index (χ1v) is 14.5. The van der Waals surface area contributed by atoms with E-state index in [2.05, 4.69) is 125 Å². The van der Waals surface area contributed by atoms with Crippen LogP contribution in [-0.2, 0) is 14.7 Å². The fourth-order valence-electron chi connectivity index (χ4n) is 7.60. The second-order valence-electron chi connectivity index (χ2n) is 12.7. The largest absolute Gasteiger partial charge is 0.495 e. The van der Waals surface area contributed by atoms with Crippen molar-refractivity contribution in [2.45, 2.75) is 44.3 Å². The molecule has 1 aliphatic heterocycles. The Labute approximate surface area is 239 Å². The van der Waals surface area contributed by atoms with Crippen molar-refractivity contribution in [2.75, 3.05) is 0 Å². The Morgan fingerprint density at radius 3 is 1.63 bits per heavy atom. The van der Waals surface area contributed by atoms with E-state index in [1.54, 1.807) is 0 Å². The molecule has 0 radical (unpaired) electrons. The third-order valence-corrected chi connectivity index (χ3v) is 10.2. The molecule has 1 fully saturated rings. The van der Waals surface area contributed by atoms with E-state index in [0.29, 0.717) is 0 Å². The Morgan fingerprint density at radius 2 is 1.05 bits per heavy atom. The molecular weight excluding hydrogens is 503 g/mol. The molecule has 3 aliphatic rings. The fourth-order valence-corrected chi connectivity index (χ4v) is 7.60. The average molecular weight is 532 g/mol. The highest BCUT2D eigenvalue weighted by atomic mass is 16.7. The van der Waals surface area contributed by atoms with Gasteiger partial charge in [0.2, 0.25) is 0 Å². The van der Waals surface area contributed by atoms with Crippen molar-refractivity contribution in [3.63, 3.8) is 0 Å². The first-order chi connectivity index (χ1) is 19.8. The van der Waals surface area contributed by atoms with Crippen LogP contribution in [0.3, 0.4) is 0 Å². The molecule has 0 N–H and O–H groups in total. The molecule has 4 heteroatoms. The van der Waals surface area contributed by atoms with Gasteiger partial charge in [-0.15, -0.1) is 0 Å². The molecule has 3 nitrogen and oxygen atoms in total. The third-order valence-electron chi connectivity index (χ3n) is 10.2. The van der Waals surface area contributed by atoms with E-state index >= 15 is 0 Å².